The third-order valence-corrected chi connectivity index (χ3v) is 5.46. The van der Waals surface area contributed by atoms with E-state index >= 15 is 0 Å². The number of ether oxygens (including phenoxy) is 1. The lowest BCUT2D eigenvalue weighted by atomic mass is 9.98. The van der Waals surface area contributed by atoms with Crippen LogP contribution < -0.4 is 4.74 Å². The normalized spacial score (nSPS) is 11.1. The van der Waals surface area contributed by atoms with Crippen LogP contribution in [0.25, 0.3) is 22.3 Å². The van der Waals surface area contributed by atoms with Crippen LogP contribution in [-0.4, -0.2) is 0 Å². The molecule has 35 heavy (non-hydrogen) atoms. The van der Waals surface area contributed by atoms with Gasteiger partial charge in [-0.2, -0.15) is 0 Å². The summed E-state index contributed by atoms with van der Waals surface area (Å²) < 4.78 is 103. The van der Waals surface area contributed by atoms with Gasteiger partial charge in [-0.25, -0.2) is 30.7 Å². The minimum Gasteiger partial charge on any atom is -0.483 e. The van der Waals surface area contributed by atoms with E-state index in [1.54, 1.807) is 6.92 Å². The van der Waals surface area contributed by atoms with E-state index in [0.717, 1.165) is 24.3 Å². The second kappa shape index (κ2) is 9.82. The zero-order valence-electron chi connectivity index (χ0n) is 18.2. The van der Waals surface area contributed by atoms with Crippen LogP contribution >= 0.6 is 0 Å². The molecular formula is C27H17F7O. The van der Waals surface area contributed by atoms with Crippen LogP contribution in [0.3, 0.4) is 0 Å². The molecule has 0 heterocycles. The SMILES string of the molecule is CCc1cc(F)c(OCc2ccc(-c3ccc(-c4cc(F)c(F)c(F)c4)c(F)c3)c(F)c2)c(F)c1. The van der Waals surface area contributed by atoms with E-state index in [2.05, 4.69) is 0 Å². The first-order valence-electron chi connectivity index (χ1n) is 10.5. The molecule has 0 spiro atoms. The molecule has 0 radical (unpaired) electrons. The quantitative estimate of drug-likeness (QED) is 0.196. The van der Waals surface area contributed by atoms with Gasteiger partial charge in [0.05, 0.1) is 0 Å². The van der Waals surface area contributed by atoms with Gasteiger partial charge >= 0.3 is 0 Å². The molecule has 0 N–H and O–H groups in total. The molecule has 0 aromatic heterocycles. The van der Waals surface area contributed by atoms with Gasteiger partial charge in [0.2, 0.25) is 0 Å². The molecule has 1 nitrogen and oxygen atoms in total. The fourth-order valence-corrected chi connectivity index (χ4v) is 3.62. The Kier molecular flexibility index (Phi) is 6.82. The number of hydrogen-bond donors (Lipinski definition) is 0. The van der Waals surface area contributed by atoms with Crippen LogP contribution in [-0.2, 0) is 13.0 Å². The molecule has 0 bridgehead atoms. The van der Waals surface area contributed by atoms with Crippen molar-refractivity contribution in [1.82, 2.24) is 0 Å². The average molecular weight is 490 g/mol. The summed E-state index contributed by atoms with van der Waals surface area (Å²) >= 11 is 0. The van der Waals surface area contributed by atoms with Crippen molar-refractivity contribution in [3.63, 3.8) is 0 Å². The van der Waals surface area contributed by atoms with Crippen molar-refractivity contribution in [2.45, 2.75) is 20.0 Å². The Morgan fingerprint density at radius 1 is 0.543 bits per heavy atom. The van der Waals surface area contributed by atoms with Crippen LogP contribution in [0, 0.1) is 40.7 Å². The molecule has 0 saturated heterocycles. The predicted molar refractivity (Wildman–Crippen MR) is 117 cm³/mol. The third-order valence-electron chi connectivity index (χ3n) is 5.46. The molecular weight excluding hydrogens is 473 g/mol. The van der Waals surface area contributed by atoms with Crippen molar-refractivity contribution in [3.8, 4) is 28.0 Å². The second-order valence-electron chi connectivity index (χ2n) is 7.79. The van der Waals surface area contributed by atoms with E-state index in [9.17, 15) is 30.7 Å². The Bertz CT molecular complexity index is 1370. The number of rotatable bonds is 6. The van der Waals surface area contributed by atoms with Crippen LogP contribution in [0.5, 0.6) is 5.75 Å². The minimum atomic E-state index is -1.67. The largest absolute Gasteiger partial charge is 0.483 e. The molecule has 4 aromatic rings. The summed E-state index contributed by atoms with van der Waals surface area (Å²) in [6, 6.07) is 11.0. The van der Waals surface area contributed by atoms with Gasteiger partial charge in [-0.15, -0.1) is 0 Å². The zero-order valence-corrected chi connectivity index (χ0v) is 18.2. The maximum Gasteiger partial charge on any atom is 0.194 e. The van der Waals surface area contributed by atoms with E-state index in [-0.39, 0.29) is 34.4 Å². The van der Waals surface area contributed by atoms with Crippen molar-refractivity contribution >= 4 is 0 Å². The maximum absolute atomic E-state index is 14.8. The van der Waals surface area contributed by atoms with E-state index in [0.29, 0.717) is 24.1 Å². The van der Waals surface area contributed by atoms with E-state index in [4.69, 9.17) is 4.74 Å². The number of benzene rings is 4. The number of aryl methyl sites for hydroxylation is 1. The molecule has 0 aliphatic rings. The highest BCUT2D eigenvalue weighted by Crippen LogP contribution is 2.32. The first kappa shape index (κ1) is 24.3. The first-order valence-corrected chi connectivity index (χ1v) is 10.5. The Morgan fingerprint density at radius 3 is 1.63 bits per heavy atom. The molecule has 0 unspecified atom stereocenters. The summed E-state index contributed by atoms with van der Waals surface area (Å²) in [5.74, 6) is -8.55. The molecule has 4 rings (SSSR count). The highest BCUT2D eigenvalue weighted by Gasteiger charge is 2.16. The monoisotopic (exact) mass is 490 g/mol. The summed E-state index contributed by atoms with van der Waals surface area (Å²) in [6.07, 6.45) is 0.444. The van der Waals surface area contributed by atoms with Gasteiger partial charge in [0.25, 0.3) is 0 Å². The van der Waals surface area contributed by atoms with Crippen molar-refractivity contribution in [3.05, 3.63) is 113 Å². The minimum absolute atomic E-state index is 0.0142. The second-order valence-corrected chi connectivity index (χ2v) is 7.79. The zero-order chi connectivity index (χ0) is 25.3. The van der Waals surface area contributed by atoms with Crippen LogP contribution in [0.1, 0.15) is 18.1 Å². The first-order chi connectivity index (χ1) is 16.7. The van der Waals surface area contributed by atoms with Crippen LogP contribution in [0.15, 0.2) is 60.7 Å². The molecule has 180 valence electrons. The Balaban J connectivity index is 1.56. The lowest BCUT2D eigenvalue weighted by Crippen LogP contribution is -2.02. The van der Waals surface area contributed by atoms with Crippen molar-refractivity contribution in [2.24, 2.45) is 0 Å². The van der Waals surface area contributed by atoms with Gasteiger partial charge < -0.3 is 4.74 Å². The molecule has 0 aliphatic heterocycles. The topological polar surface area (TPSA) is 9.23 Å². The average Bonchev–Trinajstić information content (AvgIpc) is 2.81. The number of hydrogen-bond acceptors (Lipinski definition) is 1. The lowest BCUT2D eigenvalue weighted by molar-refractivity contribution is 0.273. The molecule has 0 atom stereocenters. The lowest BCUT2D eigenvalue weighted by Gasteiger charge is -2.12. The van der Waals surface area contributed by atoms with E-state index in [1.165, 1.54) is 24.3 Å². The van der Waals surface area contributed by atoms with Gasteiger partial charge in [0.15, 0.2) is 34.8 Å². The summed E-state index contributed by atoms with van der Waals surface area (Å²) in [7, 11) is 0. The standard InChI is InChI=1S/C27H17F7O/c1-2-14-7-24(32)27(25(33)8-14)35-13-15-3-5-18(20(28)9-15)16-4-6-19(21(29)10-16)17-11-22(30)26(34)23(31)12-17/h3-12H,2,13H2,1H3. The smallest absolute Gasteiger partial charge is 0.194 e. The molecule has 8 heteroatoms. The fraction of sp³-hybridized carbons (Fsp3) is 0.111. The van der Waals surface area contributed by atoms with Crippen LogP contribution in [0.2, 0.25) is 0 Å². The summed E-state index contributed by atoms with van der Waals surface area (Å²) in [5.41, 5.74) is 0.474. The van der Waals surface area contributed by atoms with Gasteiger partial charge in [-0.05, 0) is 65.1 Å². The summed E-state index contributed by atoms with van der Waals surface area (Å²) in [6.45, 7) is 1.44. The molecule has 0 saturated carbocycles. The van der Waals surface area contributed by atoms with Gasteiger partial charge in [-0.3, -0.25) is 0 Å². The molecule has 4 aromatic carbocycles. The van der Waals surface area contributed by atoms with Crippen molar-refractivity contribution in [2.75, 3.05) is 0 Å². The van der Waals surface area contributed by atoms with Gasteiger partial charge in [0, 0.05) is 11.1 Å². The highest BCUT2D eigenvalue weighted by atomic mass is 19.2. The van der Waals surface area contributed by atoms with Gasteiger partial charge in [0.1, 0.15) is 18.2 Å². The predicted octanol–water partition coefficient (Wildman–Crippen LogP) is 8.14. The fourth-order valence-electron chi connectivity index (χ4n) is 3.62. The third kappa shape index (κ3) is 5.01. The van der Waals surface area contributed by atoms with Crippen LogP contribution in [0.4, 0.5) is 30.7 Å². The number of halogens is 7. The Morgan fingerprint density at radius 2 is 1.06 bits per heavy atom. The van der Waals surface area contributed by atoms with E-state index < -0.39 is 46.5 Å². The Labute approximate surface area is 196 Å². The molecule has 0 aliphatic carbocycles. The van der Waals surface area contributed by atoms with E-state index in [1.807, 2.05) is 0 Å². The highest BCUT2D eigenvalue weighted by molar-refractivity contribution is 5.71. The van der Waals surface area contributed by atoms with Gasteiger partial charge in [-0.1, -0.05) is 31.2 Å². The summed E-state index contributed by atoms with van der Waals surface area (Å²) in [4.78, 5) is 0. The Hall–Kier alpha value is -3.81. The summed E-state index contributed by atoms with van der Waals surface area (Å²) in [5, 5.41) is 0. The molecule has 0 amide bonds. The maximum atomic E-state index is 14.8. The van der Waals surface area contributed by atoms with Crippen molar-refractivity contribution in [1.29, 1.82) is 0 Å². The van der Waals surface area contributed by atoms with Crippen molar-refractivity contribution < 1.29 is 35.5 Å². The molecule has 0 fully saturated rings.